The molecule has 3 rings (SSSR count). The number of nitrogens with zero attached hydrogens (tertiary/aromatic N) is 1. The smallest absolute Gasteiger partial charge is 0.341 e. The minimum atomic E-state index is -0.989. The zero-order chi connectivity index (χ0) is 19.4. The molecule has 0 saturated heterocycles. The van der Waals surface area contributed by atoms with Crippen molar-refractivity contribution in [1.82, 2.24) is 4.57 Å². The van der Waals surface area contributed by atoms with Gasteiger partial charge in [-0.1, -0.05) is 32.9 Å². The summed E-state index contributed by atoms with van der Waals surface area (Å²) in [5.74, 6) is 0.407. The molecule has 0 aliphatic rings. The quantitative estimate of drug-likeness (QED) is 0.669. The van der Waals surface area contributed by atoms with Gasteiger partial charge in [-0.05, 0) is 46.7 Å². The SMILES string of the molecule is CC(C)(C)c1ccc(OCCn2ccc3ccc(OCC(=O)O)cc32)cc1. The Labute approximate surface area is 159 Å². The monoisotopic (exact) mass is 367 g/mol. The van der Waals surface area contributed by atoms with Gasteiger partial charge in [0.1, 0.15) is 18.1 Å². The fourth-order valence-electron chi connectivity index (χ4n) is 2.91. The minimum absolute atomic E-state index is 0.128. The molecule has 0 saturated carbocycles. The van der Waals surface area contributed by atoms with Crippen LogP contribution < -0.4 is 9.47 Å². The lowest BCUT2D eigenvalue weighted by Gasteiger charge is -2.19. The number of fused-ring (bicyclic) bond motifs is 1. The van der Waals surface area contributed by atoms with E-state index in [4.69, 9.17) is 14.6 Å². The molecule has 0 amide bonds. The van der Waals surface area contributed by atoms with Crippen LogP contribution in [0.1, 0.15) is 26.3 Å². The maximum atomic E-state index is 10.7. The minimum Gasteiger partial charge on any atom is -0.492 e. The second kappa shape index (κ2) is 7.74. The van der Waals surface area contributed by atoms with E-state index in [1.54, 1.807) is 6.07 Å². The average Bonchev–Trinajstić information content (AvgIpc) is 3.02. The Hall–Kier alpha value is -2.95. The molecule has 0 fully saturated rings. The van der Waals surface area contributed by atoms with Gasteiger partial charge in [0, 0.05) is 12.3 Å². The molecular formula is C22H25NO4. The maximum Gasteiger partial charge on any atom is 0.341 e. The lowest BCUT2D eigenvalue weighted by atomic mass is 9.87. The van der Waals surface area contributed by atoms with Crippen LogP contribution in [0.15, 0.2) is 54.7 Å². The molecule has 0 aliphatic heterocycles. The molecule has 0 spiro atoms. The summed E-state index contributed by atoms with van der Waals surface area (Å²) in [5, 5.41) is 9.82. The number of rotatable bonds is 7. The van der Waals surface area contributed by atoms with E-state index in [9.17, 15) is 4.79 Å². The molecule has 0 atom stereocenters. The molecule has 1 N–H and O–H groups in total. The van der Waals surface area contributed by atoms with Crippen molar-refractivity contribution in [3.05, 3.63) is 60.3 Å². The predicted molar refractivity (Wildman–Crippen MR) is 106 cm³/mol. The van der Waals surface area contributed by atoms with Gasteiger partial charge in [0.25, 0.3) is 0 Å². The highest BCUT2D eigenvalue weighted by Gasteiger charge is 2.13. The van der Waals surface area contributed by atoms with Crippen LogP contribution in [-0.4, -0.2) is 28.9 Å². The molecule has 0 radical (unpaired) electrons. The number of aromatic nitrogens is 1. The van der Waals surface area contributed by atoms with Gasteiger partial charge in [0.15, 0.2) is 6.61 Å². The van der Waals surface area contributed by atoms with Gasteiger partial charge in [-0.15, -0.1) is 0 Å². The van der Waals surface area contributed by atoms with Crippen molar-refractivity contribution < 1.29 is 19.4 Å². The number of hydrogen-bond donors (Lipinski definition) is 1. The van der Waals surface area contributed by atoms with Gasteiger partial charge >= 0.3 is 5.97 Å². The molecule has 0 aliphatic carbocycles. The summed E-state index contributed by atoms with van der Waals surface area (Å²) >= 11 is 0. The molecule has 0 bridgehead atoms. The van der Waals surface area contributed by atoms with Crippen LogP contribution in [-0.2, 0) is 16.8 Å². The third kappa shape index (κ3) is 4.82. The molecular weight excluding hydrogens is 342 g/mol. The molecule has 3 aromatic rings. The summed E-state index contributed by atoms with van der Waals surface area (Å²) in [6, 6.07) is 15.8. The zero-order valence-electron chi connectivity index (χ0n) is 15.9. The first-order valence-electron chi connectivity index (χ1n) is 9.00. The van der Waals surface area contributed by atoms with Crippen molar-refractivity contribution in [3.8, 4) is 11.5 Å². The van der Waals surface area contributed by atoms with Crippen LogP contribution >= 0.6 is 0 Å². The van der Waals surface area contributed by atoms with Gasteiger partial charge < -0.3 is 19.1 Å². The highest BCUT2D eigenvalue weighted by molar-refractivity contribution is 5.81. The Balaban J connectivity index is 1.63. The number of carboxylic acids is 1. The topological polar surface area (TPSA) is 60.7 Å². The van der Waals surface area contributed by atoms with E-state index in [0.29, 0.717) is 18.9 Å². The first-order chi connectivity index (χ1) is 12.8. The highest BCUT2D eigenvalue weighted by atomic mass is 16.5. The van der Waals surface area contributed by atoms with Crippen LogP contribution in [0.3, 0.4) is 0 Å². The third-order valence-corrected chi connectivity index (χ3v) is 4.43. The second-order valence-corrected chi connectivity index (χ2v) is 7.54. The summed E-state index contributed by atoms with van der Waals surface area (Å²) in [6.07, 6.45) is 2.00. The van der Waals surface area contributed by atoms with E-state index in [-0.39, 0.29) is 12.0 Å². The van der Waals surface area contributed by atoms with E-state index in [2.05, 4.69) is 37.5 Å². The normalized spacial score (nSPS) is 11.5. The lowest BCUT2D eigenvalue weighted by Crippen LogP contribution is -2.11. The number of hydrogen-bond acceptors (Lipinski definition) is 3. The zero-order valence-corrected chi connectivity index (χ0v) is 15.9. The molecule has 1 aromatic heterocycles. The Bertz CT molecular complexity index is 920. The number of benzene rings is 2. The van der Waals surface area contributed by atoms with E-state index in [1.165, 1.54) is 5.56 Å². The number of ether oxygens (including phenoxy) is 2. The van der Waals surface area contributed by atoms with Gasteiger partial charge in [-0.2, -0.15) is 0 Å². The van der Waals surface area contributed by atoms with Crippen molar-refractivity contribution in [2.24, 2.45) is 0 Å². The fraction of sp³-hybridized carbons (Fsp3) is 0.318. The summed E-state index contributed by atoms with van der Waals surface area (Å²) in [7, 11) is 0. The van der Waals surface area contributed by atoms with E-state index >= 15 is 0 Å². The molecule has 1 heterocycles. The number of carboxylic acid groups (broad SMARTS) is 1. The van der Waals surface area contributed by atoms with E-state index in [0.717, 1.165) is 16.7 Å². The van der Waals surface area contributed by atoms with Crippen LogP contribution in [0.25, 0.3) is 10.9 Å². The van der Waals surface area contributed by atoms with Crippen LogP contribution in [0.4, 0.5) is 0 Å². The second-order valence-electron chi connectivity index (χ2n) is 7.54. The van der Waals surface area contributed by atoms with Crippen LogP contribution in [0.2, 0.25) is 0 Å². The maximum absolute atomic E-state index is 10.7. The molecule has 5 heteroatoms. The van der Waals surface area contributed by atoms with Crippen molar-refractivity contribution in [2.75, 3.05) is 13.2 Å². The van der Waals surface area contributed by atoms with Crippen molar-refractivity contribution in [2.45, 2.75) is 32.7 Å². The molecule has 142 valence electrons. The third-order valence-electron chi connectivity index (χ3n) is 4.43. The molecule has 2 aromatic carbocycles. The van der Waals surface area contributed by atoms with Gasteiger partial charge in [0.2, 0.25) is 0 Å². The number of aliphatic carboxylic acids is 1. The van der Waals surface area contributed by atoms with Gasteiger partial charge in [-0.3, -0.25) is 0 Å². The molecule has 27 heavy (non-hydrogen) atoms. The van der Waals surface area contributed by atoms with E-state index < -0.39 is 5.97 Å². The molecule has 0 unspecified atom stereocenters. The highest BCUT2D eigenvalue weighted by Crippen LogP contribution is 2.25. The van der Waals surface area contributed by atoms with E-state index in [1.807, 2.05) is 36.5 Å². The fourth-order valence-corrected chi connectivity index (χ4v) is 2.91. The Morgan fingerprint density at radius 1 is 1.00 bits per heavy atom. The predicted octanol–water partition coefficient (Wildman–Crippen LogP) is 4.48. The Kier molecular flexibility index (Phi) is 5.40. The van der Waals surface area contributed by atoms with Crippen molar-refractivity contribution >= 4 is 16.9 Å². The van der Waals surface area contributed by atoms with Crippen LogP contribution in [0.5, 0.6) is 11.5 Å². The standard InChI is InChI=1S/C22H25NO4/c1-22(2,3)17-5-8-18(9-6-17)26-13-12-23-11-10-16-4-7-19(14-20(16)23)27-15-21(24)25/h4-11,14H,12-13,15H2,1-3H3,(H,24,25). The summed E-state index contributed by atoms with van der Waals surface area (Å²) in [5.41, 5.74) is 2.40. The van der Waals surface area contributed by atoms with Crippen molar-refractivity contribution in [3.63, 3.8) is 0 Å². The Morgan fingerprint density at radius 3 is 2.37 bits per heavy atom. The largest absolute Gasteiger partial charge is 0.492 e. The summed E-state index contributed by atoms with van der Waals surface area (Å²) < 4.78 is 13.2. The molecule has 5 nitrogen and oxygen atoms in total. The summed E-state index contributed by atoms with van der Waals surface area (Å²) in [6.45, 7) is 7.45. The lowest BCUT2D eigenvalue weighted by molar-refractivity contribution is -0.139. The average molecular weight is 367 g/mol. The van der Waals surface area contributed by atoms with Crippen LogP contribution in [0, 0.1) is 0 Å². The first kappa shape index (κ1) is 18.8. The van der Waals surface area contributed by atoms with Gasteiger partial charge in [-0.25, -0.2) is 4.79 Å². The number of carbonyl (C=O) groups is 1. The summed E-state index contributed by atoms with van der Waals surface area (Å²) in [4.78, 5) is 10.7. The van der Waals surface area contributed by atoms with Gasteiger partial charge in [0.05, 0.1) is 12.1 Å². The Morgan fingerprint density at radius 2 is 1.70 bits per heavy atom. The van der Waals surface area contributed by atoms with Crippen molar-refractivity contribution in [1.29, 1.82) is 0 Å². The first-order valence-corrected chi connectivity index (χ1v) is 9.00.